The van der Waals surface area contributed by atoms with E-state index in [0.29, 0.717) is 11.0 Å². The standard InChI is InChI=1S/C11H24NO7P/c1-5-11(14)19-10(8-13)9-18-20(15,16)17-7-6-12(2,3)4/h10,13H,5-9H2,1-4H3. The molecule has 2 unspecified atom stereocenters. The highest BCUT2D eigenvalue weighted by Gasteiger charge is 2.18. The average Bonchev–Trinajstić information content (AvgIpc) is 2.32. The van der Waals surface area contributed by atoms with Gasteiger partial charge in [-0.05, 0) is 0 Å². The zero-order valence-electron chi connectivity index (χ0n) is 12.4. The summed E-state index contributed by atoms with van der Waals surface area (Å²) in [5, 5.41) is 8.96. The van der Waals surface area contributed by atoms with Crippen molar-refractivity contribution in [3.63, 3.8) is 0 Å². The smallest absolute Gasteiger partial charge is 0.305 e. The van der Waals surface area contributed by atoms with Gasteiger partial charge in [0.05, 0.1) is 34.4 Å². The van der Waals surface area contributed by atoms with Gasteiger partial charge >= 0.3 is 5.97 Å². The van der Waals surface area contributed by atoms with Gasteiger partial charge in [0.25, 0.3) is 7.82 Å². The van der Waals surface area contributed by atoms with E-state index in [1.807, 2.05) is 21.1 Å². The molecular weight excluding hydrogens is 289 g/mol. The topological polar surface area (TPSA) is 105 Å². The largest absolute Gasteiger partial charge is 0.756 e. The van der Waals surface area contributed by atoms with E-state index in [4.69, 9.17) is 9.84 Å². The molecule has 0 saturated heterocycles. The van der Waals surface area contributed by atoms with E-state index in [-0.39, 0.29) is 13.0 Å². The molecule has 0 heterocycles. The Morgan fingerprint density at radius 3 is 2.40 bits per heavy atom. The number of nitrogens with zero attached hydrogens (tertiary/aromatic N) is 1. The Balaban J connectivity index is 4.12. The summed E-state index contributed by atoms with van der Waals surface area (Å²) >= 11 is 0. The molecule has 0 aromatic heterocycles. The average molecular weight is 313 g/mol. The molecule has 9 heteroatoms. The van der Waals surface area contributed by atoms with E-state index in [1.54, 1.807) is 6.92 Å². The molecule has 0 bridgehead atoms. The summed E-state index contributed by atoms with van der Waals surface area (Å²) in [7, 11) is 1.22. The van der Waals surface area contributed by atoms with Gasteiger partial charge in [0, 0.05) is 6.42 Å². The van der Waals surface area contributed by atoms with Crippen molar-refractivity contribution in [3.05, 3.63) is 0 Å². The van der Waals surface area contributed by atoms with Crippen LogP contribution in [-0.2, 0) is 23.1 Å². The number of aliphatic hydroxyl groups excluding tert-OH is 1. The first-order valence-corrected chi connectivity index (χ1v) is 7.76. The molecule has 0 aromatic rings. The number of carbonyl (C=O) groups excluding carboxylic acids is 1. The van der Waals surface area contributed by atoms with E-state index in [1.165, 1.54) is 0 Å². The second-order valence-corrected chi connectivity index (χ2v) is 6.65. The fraction of sp³-hybridized carbons (Fsp3) is 0.909. The second kappa shape index (κ2) is 8.71. The Morgan fingerprint density at radius 1 is 1.35 bits per heavy atom. The van der Waals surface area contributed by atoms with Crippen LogP contribution in [0.15, 0.2) is 0 Å². The first-order chi connectivity index (χ1) is 9.09. The van der Waals surface area contributed by atoms with Crippen molar-refractivity contribution in [2.75, 3.05) is 47.5 Å². The number of phosphoric acid groups is 1. The van der Waals surface area contributed by atoms with Crippen LogP contribution in [0.3, 0.4) is 0 Å². The fourth-order valence-electron chi connectivity index (χ4n) is 1.03. The molecule has 0 amide bonds. The minimum Gasteiger partial charge on any atom is -0.756 e. The van der Waals surface area contributed by atoms with Gasteiger partial charge < -0.3 is 28.3 Å². The minimum atomic E-state index is -4.46. The van der Waals surface area contributed by atoms with Crippen molar-refractivity contribution in [1.29, 1.82) is 0 Å². The molecule has 0 aliphatic carbocycles. The van der Waals surface area contributed by atoms with Gasteiger partial charge in [-0.1, -0.05) is 6.92 Å². The van der Waals surface area contributed by atoms with Crippen molar-refractivity contribution >= 4 is 13.8 Å². The van der Waals surface area contributed by atoms with Gasteiger partial charge in [0.2, 0.25) is 0 Å². The first kappa shape index (κ1) is 19.5. The maximum absolute atomic E-state index is 11.4. The quantitative estimate of drug-likeness (QED) is 0.329. The van der Waals surface area contributed by atoms with Gasteiger partial charge in [-0.15, -0.1) is 0 Å². The molecule has 0 aliphatic heterocycles. The van der Waals surface area contributed by atoms with Crippen molar-refractivity contribution in [1.82, 2.24) is 0 Å². The Hall–Kier alpha value is -0.500. The minimum absolute atomic E-state index is 0.0111. The predicted octanol–water partition coefficient (Wildman–Crippen LogP) is -0.492. The normalized spacial score (nSPS) is 16.5. The van der Waals surface area contributed by atoms with E-state index in [2.05, 4.69) is 9.05 Å². The maximum atomic E-state index is 11.4. The molecule has 0 radical (unpaired) electrons. The number of phosphoric ester groups is 1. The van der Waals surface area contributed by atoms with Gasteiger partial charge in [0.1, 0.15) is 19.3 Å². The van der Waals surface area contributed by atoms with Crippen LogP contribution in [0.5, 0.6) is 0 Å². The SMILES string of the molecule is CCC(=O)OC(CO)COP(=O)([O-])OCC[N+](C)(C)C. The Bertz CT molecular complexity index is 342. The number of carbonyl (C=O) groups is 1. The predicted molar refractivity (Wildman–Crippen MR) is 69.7 cm³/mol. The van der Waals surface area contributed by atoms with Crippen LogP contribution >= 0.6 is 7.82 Å². The molecule has 8 nitrogen and oxygen atoms in total. The van der Waals surface area contributed by atoms with Gasteiger partial charge in [-0.3, -0.25) is 9.36 Å². The van der Waals surface area contributed by atoms with E-state index in [9.17, 15) is 14.3 Å². The lowest BCUT2D eigenvalue weighted by atomic mass is 10.4. The van der Waals surface area contributed by atoms with Crippen LogP contribution in [0.1, 0.15) is 13.3 Å². The third kappa shape index (κ3) is 10.3. The van der Waals surface area contributed by atoms with Crippen molar-refractivity contribution < 1.29 is 37.6 Å². The molecule has 0 aliphatic rings. The molecular formula is C11H24NO7P. The fourth-order valence-corrected chi connectivity index (χ4v) is 1.76. The molecule has 0 saturated carbocycles. The number of rotatable bonds is 10. The summed E-state index contributed by atoms with van der Waals surface area (Å²) < 4.78 is 26.0. The molecule has 0 spiro atoms. The molecule has 120 valence electrons. The monoisotopic (exact) mass is 313 g/mol. The zero-order valence-corrected chi connectivity index (χ0v) is 13.3. The molecule has 0 aromatic carbocycles. The van der Waals surface area contributed by atoms with Gasteiger partial charge in [-0.2, -0.15) is 0 Å². The van der Waals surface area contributed by atoms with Crippen LogP contribution in [0.25, 0.3) is 0 Å². The lowest BCUT2D eigenvalue weighted by Crippen LogP contribution is -2.37. The summed E-state index contributed by atoms with van der Waals surface area (Å²) in [6.07, 6.45) is -0.891. The van der Waals surface area contributed by atoms with E-state index >= 15 is 0 Å². The number of hydrogen-bond acceptors (Lipinski definition) is 7. The molecule has 2 atom stereocenters. The Labute approximate surface area is 119 Å². The summed E-state index contributed by atoms with van der Waals surface area (Å²) in [5.74, 6) is -0.542. The second-order valence-electron chi connectivity index (χ2n) is 5.24. The zero-order chi connectivity index (χ0) is 15.8. The Morgan fingerprint density at radius 2 is 1.95 bits per heavy atom. The Kier molecular flexibility index (Phi) is 8.50. The molecule has 1 N–H and O–H groups in total. The summed E-state index contributed by atoms with van der Waals surface area (Å²) in [4.78, 5) is 22.5. The van der Waals surface area contributed by atoms with Crippen LogP contribution in [0, 0.1) is 0 Å². The van der Waals surface area contributed by atoms with Crippen molar-refractivity contribution in [2.24, 2.45) is 0 Å². The van der Waals surface area contributed by atoms with Gasteiger partial charge in [-0.25, -0.2) is 0 Å². The third-order valence-electron chi connectivity index (χ3n) is 2.22. The van der Waals surface area contributed by atoms with E-state index < -0.39 is 33.1 Å². The van der Waals surface area contributed by atoms with Crippen LogP contribution in [0.2, 0.25) is 0 Å². The maximum Gasteiger partial charge on any atom is 0.305 e. The summed E-state index contributed by atoms with van der Waals surface area (Å²) in [5.41, 5.74) is 0. The highest BCUT2D eigenvalue weighted by molar-refractivity contribution is 7.45. The molecule has 20 heavy (non-hydrogen) atoms. The summed E-state index contributed by atoms with van der Waals surface area (Å²) in [6, 6.07) is 0. The van der Waals surface area contributed by atoms with Gasteiger partial charge in [0.15, 0.2) is 0 Å². The number of hydrogen-bond donors (Lipinski definition) is 1. The lowest BCUT2D eigenvalue weighted by molar-refractivity contribution is -0.870. The molecule has 0 rings (SSSR count). The third-order valence-corrected chi connectivity index (χ3v) is 3.18. The summed E-state index contributed by atoms with van der Waals surface area (Å²) in [6.45, 7) is 1.08. The van der Waals surface area contributed by atoms with Crippen LogP contribution < -0.4 is 4.89 Å². The number of quaternary nitrogens is 1. The van der Waals surface area contributed by atoms with Crippen molar-refractivity contribution in [2.45, 2.75) is 19.4 Å². The number of likely N-dealkylation sites (N-methyl/N-ethyl adjacent to an activating group) is 1. The lowest BCUT2D eigenvalue weighted by Gasteiger charge is -2.28. The van der Waals surface area contributed by atoms with Crippen LogP contribution in [0.4, 0.5) is 0 Å². The van der Waals surface area contributed by atoms with E-state index in [0.717, 1.165) is 0 Å². The molecule has 0 fully saturated rings. The number of ether oxygens (including phenoxy) is 1. The highest BCUT2D eigenvalue weighted by atomic mass is 31.2. The first-order valence-electron chi connectivity index (χ1n) is 6.30. The van der Waals surface area contributed by atoms with Crippen molar-refractivity contribution in [3.8, 4) is 0 Å². The number of esters is 1. The highest BCUT2D eigenvalue weighted by Crippen LogP contribution is 2.38. The van der Waals surface area contributed by atoms with Crippen LogP contribution in [-0.4, -0.2) is 69.2 Å². The number of aliphatic hydroxyl groups is 1.